The number of carbonyl (C=O) groups is 2. The van der Waals surface area contributed by atoms with Crippen LogP contribution >= 0.6 is 11.6 Å². The van der Waals surface area contributed by atoms with E-state index in [0.717, 1.165) is 5.56 Å². The molecule has 0 bridgehead atoms. The standard InChI is InChI=1S/C18H16ClNO4/c1-18(17(22)20-14-5-3-4-6-15(14)23-2)10-11-7-8-12(19)9-13(11)16(21)24-18/h3-9H,10H2,1-2H3,(H,20,22). The van der Waals surface area contributed by atoms with Gasteiger partial charge in [-0.05, 0) is 36.8 Å². The largest absolute Gasteiger partial charge is 0.495 e. The summed E-state index contributed by atoms with van der Waals surface area (Å²) in [6, 6.07) is 12.0. The van der Waals surface area contributed by atoms with E-state index in [1.807, 2.05) is 0 Å². The van der Waals surface area contributed by atoms with Crippen LogP contribution in [0.4, 0.5) is 5.69 Å². The van der Waals surface area contributed by atoms with E-state index < -0.39 is 17.5 Å². The Labute approximate surface area is 144 Å². The van der Waals surface area contributed by atoms with Crippen molar-refractivity contribution in [2.24, 2.45) is 0 Å². The average molecular weight is 346 g/mol. The monoisotopic (exact) mass is 345 g/mol. The first-order chi connectivity index (χ1) is 11.4. The molecule has 0 radical (unpaired) electrons. The Kier molecular flexibility index (Phi) is 4.20. The molecule has 1 amide bonds. The second-order valence-electron chi connectivity index (χ2n) is 5.75. The molecule has 1 aliphatic rings. The Morgan fingerprint density at radius 3 is 2.79 bits per heavy atom. The van der Waals surface area contributed by atoms with Crippen molar-refractivity contribution in [2.75, 3.05) is 12.4 Å². The zero-order valence-corrected chi connectivity index (χ0v) is 14.0. The number of benzene rings is 2. The second-order valence-corrected chi connectivity index (χ2v) is 6.19. The average Bonchev–Trinajstić information content (AvgIpc) is 2.56. The van der Waals surface area contributed by atoms with E-state index in [1.54, 1.807) is 49.4 Å². The normalized spacial score (nSPS) is 19.2. The highest BCUT2D eigenvalue weighted by atomic mass is 35.5. The molecule has 3 rings (SSSR count). The summed E-state index contributed by atoms with van der Waals surface area (Å²) in [6.45, 7) is 1.59. The Hall–Kier alpha value is -2.53. The number of anilines is 1. The first-order valence-corrected chi connectivity index (χ1v) is 7.77. The van der Waals surface area contributed by atoms with Gasteiger partial charge >= 0.3 is 5.97 Å². The molecule has 1 atom stereocenters. The van der Waals surface area contributed by atoms with Crippen LogP contribution in [-0.4, -0.2) is 24.6 Å². The third-order valence-electron chi connectivity index (χ3n) is 3.97. The zero-order chi connectivity index (χ0) is 17.3. The van der Waals surface area contributed by atoms with Gasteiger partial charge in [-0.25, -0.2) is 4.79 Å². The van der Waals surface area contributed by atoms with E-state index in [9.17, 15) is 9.59 Å². The number of ether oxygens (including phenoxy) is 2. The van der Waals surface area contributed by atoms with E-state index in [-0.39, 0.29) is 6.42 Å². The number of amides is 1. The Morgan fingerprint density at radius 2 is 2.04 bits per heavy atom. The van der Waals surface area contributed by atoms with Crippen LogP contribution in [0.2, 0.25) is 5.02 Å². The lowest BCUT2D eigenvalue weighted by Crippen LogP contribution is -2.48. The summed E-state index contributed by atoms with van der Waals surface area (Å²) in [6.07, 6.45) is 0.270. The molecule has 1 N–H and O–H groups in total. The fourth-order valence-corrected chi connectivity index (χ4v) is 2.85. The highest BCUT2D eigenvalue weighted by Crippen LogP contribution is 2.32. The molecule has 2 aromatic carbocycles. The quantitative estimate of drug-likeness (QED) is 0.865. The van der Waals surface area contributed by atoms with Gasteiger partial charge in [0.1, 0.15) is 5.75 Å². The van der Waals surface area contributed by atoms with Gasteiger partial charge in [-0.15, -0.1) is 0 Å². The van der Waals surface area contributed by atoms with E-state index in [0.29, 0.717) is 22.0 Å². The summed E-state index contributed by atoms with van der Waals surface area (Å²) in [5, 5.41) is 3.22. The summed E-state index contributed by atoms with van der Waals surface area (Å²) in [5.74, 6) is -0.443. The van der Waals surface area contributed by atoms with E-state index in [4.69, 9.17) is 21.1 Å². The summed E-state index contributed by atoms with van der Waals surface area (Å²) in [5.41, 5.74) is 0.334. The lowest BCUT2D eigenvalue weighted by molar-refractivity contribution is -0.134. The van der Waals surface area contributed by atoms with Crippen molar-refractivity contribution in [1.82, 2.24) is 0 Å². The fourth-order valence-electron chi connectivity index (χ4n) is 2.68. The van der Waals surface area contributed by atoms with Crippen molar-refractivity contribution in [3.63, 3.8) is 0 Å². The molecule has 0 aliphatic carbocycles. The molecule has 124 valence electrons. The maximum absolute atomic E-state index is 12.7. The number of rotatable bonds is 3. The van der Waals surface area contributed by atoms with Crippen molar-refractivity contribution in [3.8, 4) is 5.75 Å². The van der Waals surface area contributed by atoms with Crippen molar-refractivity contribution < 1.29 is 19.1 Å². The van der Waals surface area contributed by atoms with Gasteiger partial charge in [-0.3, -0.25) is 4.79 Å². The molecule has 2 aromatic rings. The number of esters is 1. The van der Waals surface area contributed by atoms with Crippen LogP contribution in [0.25, 0.3) is 0 Å². The van der Waals surface area contributed by atoms with E-state index in [2.05, 4.69) is 5.32 Å². The van der Waals surface area contributed by atoms with Crippen LogP contribution in [0.15, 0.2) is 42.5 Å². The Balaban J connectivity index is 1.87. The molecule has 1 unspecified atom stereocenters. The highest BCUT2D eigenvalue weighted by molar-refractivity contribution is 6.31. The first kappa shape index (κ1) is 16.3. The van der Waals surface area contributed by atoms with E-state index in [1.165, 1.54) is 7.11 Å². The minimum absolute atomic E-state index is 0.270. The zero-order valence-electron chi connectivity index (χ0n) is 13.3. The molecule has 5 nitrogen and oxygen atoms in total. The maximum Gasteiger partial charge on any atom is 0.339 e. The molecular formula is C18H16ClNO4. The number of nitrogens with one attached hydrogen (secondary N) is 1. The number of hydrogen-bond donors (Lipinski definition) is 1. The van der Waals surface area contributed by atoms with Crippen LogP contribution < -0.4 is 10.1 Å². The smallest absolute Gasteiger partial charge is 0.339 e. The van der Waals surface area contributed by atoms with Gasteiger partial charge in [0.2, 0.25) is 0 Å². The molecule has 1 aliphatic heterocycles. The van der Waals surface area contributed by atoms with Crippen LogP contribution in [0.5, 0.6) is 5.75 Å². The molecule has 24 heavy (non-hydrogen) atoms. The van der Waals surface area contributed by atoms with Crippen molar-refractivity contribution in [2.45, 2.75) is 18.9 Å². The molecule has 0 spiro atoms. The summed E-state index contributed by atoms with van der Waals surface area (Å²) in [4.78, 5) is 25.0. The van der Waals surface area contributed by atoms with Crippen LogP contribution in [-0.2, 0) is 16.0 Å². The van der Waals surface area contributed by atoms with Gasteiger partial charge in [0, 0.05) is 11.4 Å². The molecular weight excluding hydrogens is 330 g/mol. The number of fused-ring (bicyclic) bond motifs is 1. The predicted molar refractivity (Wildman–Crippen MR) is 90.6 cm³/mol. The maximum atomic E-state index is 12.7. The van der Waals surface area contributed by atoms with Crippen molar-refractivity contribution in [3.05, 3.63) is 58.6 Å². The number of methoxy groups -OCH3 is 1. The lowest BCUT2D eigenvalue weighted by Gasteiger charge is -2.33. The van der Waals surface area contributed by atoms with Gasteiger partial charge in [0.15, 0.2) is 5.60 Å². The second kappa shape index (κ2) is 6.17. The number of cyclic esters (lactones) is 1. The number of halogens is 1. The van der Waals surface area contributed by atoms with Crippen molar-refractivity contribution >= 4 is 29.2 Å². The first-order valence-electron chi connectivity index (χ1n) is 7.39. The molecule has 0 saturated heterocycles. The van der Waals surface area contributed by atoms with Gasteiger partial charge in [0.25, 0.3) is 5.91 Å². The third-order valence-corrected chi connectivity index (χ3v) is 4.21. The van der Waals surface area contributed by atoms with Gasteiger partial charge in [0.05, 0.1) is 18.4 Å². The van der Waals surface area contributed by atoms with Gasteiger partial charge < -0.3 is 14.8 Å². The fraction of sp³-hybridized carbons (Fsp3) is 0.222. The molecule has 6 heteroatoms. The van der Waals surface area contributed by atoms with Crippen molar-refractivity contribution in [1.29, 1.82) is 0 Å². The minimum Gasteiger partial charge on any atom is -0.495 e. The summed E-state index contributed by atoms with van der Waals surface area (Å²) in [7, 11) is 1.52. The number of para-hydroxylation sites is 2. The highest BCUT2D eigenvalue weighted by Gasteiger charge is 2.43. The molecule has 0 aromatic heterocycles. The lowest BCUT2D eigenvalue weighted by atomic mass is 9.89. The topological polar surface area (TPSA) is 64.6 Å². The SMILES string of the molecule is COc1ccccc1NC(=O)C1(C)Cc2ccc(Cl)cc2C(=O)O1. The predicted octanol–water partition coefficient (Wildman–Crippen LogP) is 3.46. The Bertz CT molecular complexity index is 820. The molecule has 1 heterocycles. The van der Waals surface area contributed by atoms with Crippen LogP contribution in [0.1, 0.15) is 22.8 Å². The number of hydrogen-bond acceptors (Lipinski definition) is 4. The molecule has 0 fully saturated rings. The van der Waals surface area contributed by atoms with Crippen LogP contribution in [0, 0.1) is 0 Å². The summed E-state index contributed by atoms with van der Waals surface area (Å²) >= 11 is 5.92. The minimum atomic E-state index is -1.31. The number of carbonyl (C=O) groups excluding carboxylic acids is 2. The van der Waals surface area contributed by atoms with E-state index >= 15 is 0 Å². The van der Waals surface area contributed by atoms with Crippen LogP contribution in [0.3, 0.4) is 0 Å². The summed E-state index contributed by atoms with van der Waals surface area (Å²) < 4.78 is 10.6. The van der Waals surface area contributed by atoms with Gasteiger partial charge in [-0.2, -0.15) is 0 Å². The Morgan fingerprint density at radius 1 is 1.29 bits per heavy atom. The third kappa shape index (κ3) is 2.95. The molecule has 0 saturated carbocycles. The van der Waals surface area contributed by atoms with Gasteiger partial charge in [-0.1, -0.05) is 29.8 Å².